The molecule has 0 bridgehead atoms. The number of rotatable bonds is 5. The van der Waals surface area contributed by atoms with Crippen LogP contribution in [0.15, 0.2) is 29.4 Å². The van der Waals surface area contributed by atoms with Crippen molar-refractivity contribution in [2.75, 3.05) is 33.5 Å². The molecule has 1 aliphatic rings. The van der Waals surface area contributed by atoms with Crippen LogP contribution in [0.4, 0.5) is 0 Å². The Hall–Kier alpha value is -1.51. The number of sulfonamides is 1. The average molecular weight is 285 g/mol. The largest absolute Gasteiger partial charge is 0.383 e. The van der Waals surface area contributed by atoms with E-state index in [0.29, 0.717) is 13.2 Å². The molecule has 0 aliphatic carbocycles. The van der Waals surface area contributed by atoms with Crippen molar-refractivity contribution in [2.24, 2.45) is 0 Å². The van der Waals surface area contributed by atoms with Crippen LogP contribution < -0.4 is 0 Å². The van der Waals surface area contributed by atoms with E-state index in [9.17, 15) is 13.2 Å². The van der Waals surface area contributed by atoms with Gasteiger partial charge in [0.2, 0.25) is 15.9 Å². The Morgan fingerprint density at radius 1 is 1.47 bits per heavy atom. The molecule has 1 aromatic heterocycles. The summed E-state index contributed by atoms with van der Waals surface area (Å²) in [5.41, 5.74) is 0. The maximum Gasteiger partial charge on any atom is 0.246 e. The van der Waals surface area contributed by atoms with E-state index in [1.54, 1.807) is 6.07 Å². The first-order chi connectivity index (χ1) is 9.05. The fourth-order valence-electron chi connectivity index (χ4n) is 1.78. The molecule has 0 aromatic carbocycles. The van der Waals surface area contributed by atoms with Gasteiger partial charge in [-0.15, -0.1) is 0 Å². The first-order valence-corrected chi connectivity index (χ1v) is 7.16. The summed E-state index contributed by atoms with van der Waals surface area (Å²) >= 11 is 0. The summed E-state index contributed by atoms with van der Waals surface area (Å²) in [6.45, 7) is 0.682. The van der Waals surface area contributed by atoms with Crippen LogP contribution in [-0.2, 0) is 19.6 Å². The van der Waals surface area contributed by atoms with Crippen LogP contribution in [0.3, 0.4) is 0 Å². The third-order valence-corrected chi connectivity index (χ3v) is 4.59. The number of methoxy groups -OCH3 is 1. The van der Waals surface area contributed by atoms with Gasteiger partial charge >= 0.3 is 0 Å². The zero-order valence-electron chi connectivity index (χ0n) is 10.5. The van der Waals surface area contributed by atoms with Crippen molar-refractivity contribution >= 4 is 15.9 Å². The maximum absolute atomic E-state index is 12.3. The van der Waals surface area contributed by atoms with Crippen LogP contribution in [-0.4, -0.2) is 62.0 Å². The Morgan fingerprint density at radius 3 is 2.89 bits per heavy atom. The van der Waals surface area contributed by atoms with Crippen LogP contribution in [0, 0.1) is 0 Å². The van der Waals surface area contributed by atoms with Crippen molar-refractivity contribution in [2.45, 2.75) is 4.90 Å². The number of carbonyl (C=O) groups is 1. The lowest BCUT2D eigenvalue weighted by Gasteiger charge is -2.17. The predicted molar refractivity (Wildman–Crippen MR) is 66.6 cm³/mol. The zero-order chi connectivity index (χ0) is 13.9. The summed E-state index contributed by atoms with van der Waals surface area (Å²) < 4.78 is 30.6. The number of hydrogen-bond donors (Lipinski definition) is 0. The topological polar surface area (TPSA) is 79.8 Å². The maximum atomic E-state index is 12.3. The molecule has 1 aliphatic heterocycles. The van der Waals surface area contributed by atoms with E-state index < -0.39 is 10.0 Å². The second kappa shape index (κ2) is 5.64. The van der Waals surface area contributed by atoms with Gasteiger partial charge in [-0.2, -0.15) is 4.31 Å². The number of ether oxygens (including phenoxy) is 1. The standard InChI is InChI=1S/C11H15N3O4S/c1-18-6-5-13-9-14(8-11(13)15)19(16,17)10-3-2-4-12-7-10/h2-4,7H,5-6,8-9H2,1H3. The van der Waals surface area contributed by atoms with Gasteiger partial charge in [0.25, 0.3) is 0 Å². The van der Waals surface area contributed by atoms with Gasteiger partial charge < -0.3 is 9.64 Å². The van der Waals surface area contributed by atoms with Gasteiger partial charge in [0, 0.05) is 26.0 Å². The van der Waals surface area contributed by atoms with Gasteiger partial charge in [0.1, 0.15) is 4.90 Å². The monoisotopic (exact) mass is 285 g/mol. The summed E-state index contributed by atoms with van der Waals surface area (Å²) in [6.07, 6.45) is 2.77. The number of nitrogens with zero attached hydrogens (tertiary/aromatic N) is 3. The first-order valence-electron chi connectivity index (χ1n) is 5.72. The minimum absolute atomic E-state index is 0.0550. The van der Waals surface area contributed by atoms with Crippen molar-refractivity contribution in [1.29, 1.82) is 0 Å². The van der Waals surface area contributed by atoms with Crippen molar-refractivity contribution in [3.05, 3.63) is 24.5 Å². The highest BCUT2D eigenvalue weighted by Gasteiger charge is 2.36. The predicted octanol–water partition coefficient (Wildman–Crippen LogP) is -0.482. The highest BCUT2D eigenvalue weighted by atomic mass is 32.2. The van der Waals surface area contributed by atoms with E-state index >= 15 is 0 Å². The lowest BCUT2D eigenvalue weighted by molar-refractivity contribution is -0.127. The fourth-order valence-corrected chi connectivity index (χ4v) is 3.09. The Labute approximate surface area is 111 Å². The molecule has 0 radical (unpaired) electrons. The molecule has 1 aromatic rings. The van der Waals surface area contributed by atoms with Gasteiger partial charge in [0.15, 0.2) is 0 Å². The molecule has 2 rings (SSSR count). The number of aromatic nitrogens is 1. The molecule has 0 spiro atoms. The molecule has 0 N–H and O–H groups in total. The molecular formula is C11H15N3O4S. The smallest absolute Gasteiger partial charge is 0.246 e. The van der Waals surface area contributed by atoms with Crippen molar-refractivity contribution in [3.8, 4) is 0 Å². The van der Waals surface area contributed by atoms with Crippen LogP contribution in [0.1, 0.15) is 0 Å². The molecule has 1 saturated heterocycles. The minimum atomic E-state index is -3.66. The van der Waals surface area contributed by atoms with Gasteiger partial charge in [-0.25, -0.2) is 8.42 Å². The molecule has 0 unspecified atom stereocenters. The van der Waals surface area contributed by atoms with E-state index in [4.69, 9.17) is 4.74 Å². The minimum Gasteiger partial charge on any atom is -0.383 e. The van der Waals surface area contributed by atoms with E-state index in [2.05, 4.69) is 4.98 Å². The Balaban J connectivity index is 2.14. The van der Waals surface area contributed by atoms with E-state index in [-0.39, 0.29) is 24.0 Å². The molecule has 19 heavy (non-hydrogen) atoms. The highest BCUT2D eigenvalue weighted by molar-refractivity contribution is 7.89. The lowest BCUT2D eigenvalue weighted by atomic mass is 10.5. The Kier molecular flexibility index (Phi) is 4.13. The fraction of sp³-hybridized carbons (Fsp3) is 0.455. The normalized spacial score (nSPS) is 17.1. The van der Waals surface area contributed by atoms with Crippen LogP contribution in [0.2, 0.25) is 0 Å². The summed E-state index contributed by atoms with van der Waals surface area (Å²) in [6, 6.07) is 3.01. The number of amides is 1. The Bertz CT molecular complexity index is 546. The van der Waals surface area contributed by atoms with Crippen LogP contribution >= 0.6 is 0 Å². The molecule has 8 heteroatoms. The molecule has 1 fully saturated rings. The first kappa shape index (κ1) is 13.9. The molecular weight excluding hydrogens is 270 g/mol. The third-order valence-electron chi connectivity index (χ3n) is 2.83. The van der Waals surface area contributed by atoms with E-state index in [1.807, 2.05) is 0 Å². The summed E-state index contributed by atoms with van der Waals surface area (Å²) in [7, 11) is -2.13. The Morgan fingerprint density at radius 2 is 2.26 bits per heavy atom. The van der Waals surface area contributed by atoms with Gasteiger partial charge in [-0.3, -0.25) is 9.78 Å². The molecule has 0 saturated carbocycles. The van der Waals surface area contributed by atoms with E-state index in [0.717, 1.165) is 4.31 Å². The SMILES string of the molecule is COCCN1CN(S(=O)(=O)c2cccnc2)CC1=O. The summed E-state index contributed by atoms with van der Waals surface area (Å²) in [5, 5.41) is 0. The van der Waals surface area contributed by atoms with Gasteiger partial charge in [-0.05, 0) is 12.1 Å². The van der Waals surface area contributed by atoms with Crippen molar-refractivity contribution < 1.29 is 17.9 Å². The second-order valence-corrected chi connectivity index (χ2v) is 6.03. The van der Waals surface area contributed by atoms with Gasteiger partial charge in [-0.1, -0.05) is 0 Å². The zero-order valence-corrected chi connectivity index (χ0v) is 11.3. The average Bonchev–Trinajstić information content (AvgIpc) is 2.79. The van der Waals surface area contributed by atoms with Crippen LogP contribution in [0.5, 0.6) is 0 Å². The summed E-state index contributed by atoms with van der Waals surface area (Å²) in [4.78, 5) is 17.1. The number of pyridine rings is 1. The molecule has 7 nitrogen and oxygen atoms in total. The van der Waals surface area contributed by atoms with Crippen molar-refractivity contribution in [3.63, 3.8) is 0 Å². The third kappa shape index (κ3) is 2.91. The van der Waals surface area contributed by atoms with Crippen molar-refractivity contribution in [1.82, 2.24) is 14.2 Å². The van der Waals surface area contributed by atoms with Crippen LogP contribution in [0.25, 0.3) is 0 Å². The highest BCUT2D eigenvalue weighted by Crippen LogP contribution is 2.18. The van der Waals surface area contributed by atoms with Gasteiger partial charge in [0.05, 0.1) is 19.8 Å². The molecule has 1 amide bonds. The second-order valence-electron chi connectivity index (χ2n) is 4.10. The number of carbonyl (C=O) groups excluding carboxylic acids is 1. The molecule has 2 heterocycles. The molecule has 0 atom stereocenters. The summed E-state index contributed by atoms with van der Waals surface area (Å²) in [5.74, 6) is -0.218. The number of hydrogen-bond acceptors (Lipinski definition) is 5. The lowest BCUT2D eigenvalue weighted by Crippen LogP contribution is -2.32. The quantitative estimate of drug-likeness (QED) is 0.730. The van der Waals surface area contributed by atoms with E-state index in [1.165, 1.54) is 30.5 Å². The molecule has 104 valence electrons.